The van der Waals surface area contributed by atoms with E-state index in [1.54, 1.807) is 6.92 Å². The Labute approximate surface area is 194 Å². The van der Waals surface area contributed by atoms with E-state index in [0.717, 1.165) is 16.8 Å². The van der Waals surface area contributed by atoms with Gasteiger partial charge < -0.3 is 15.6 Å². The first-order valence-corrected chi connectivity index (χ1v) is 12.1. The molecule has 2 amide bonds. The molecule has 1 atom stereocenters. The summed E-state index contributed by atoms with van der Waals surface area (Å²) in [5.41, 5.74) is 3.63. The topological polar surface area (TPSA) is 117 Å². The van der Waals surface area contributed by atoms with Gasteiger partial charge in [0.05, 0.1) is 11.7 Å². The van der Waals surface area contributed by atoms with Gasteiger partial charge in [-0.3, -0.25) is 14.4 Å². The number of hydrogen-bond donors (Lipinski definition) is 3. The molecule has 0 aliphatic rings. The van der Waals surface area contributed by atoms with Crippen LogP contribution in [0.15, 0.2) is 39.6 Å². The molecule has 2 heterocycles. The largest absolute Gasteiger partial charge is 0.350 e. The molecule has 0 bridgehead atoms. The van der Waals surface area contributed by atoms with Crippen molar-refractivity contribution >= 4 is 40.0 Å². The van der Waals surface area contributed by atoms with E-state index in [2.05, 4.69) is 25.6 Å². The summed E-state index contributed by atoms with van der Waals surface area (Å²) < 4.78 is 0. The first kappa shape index (κ1) is 23.7. The number of rotatable bonds is 8. The second-order valence-corrected chi connectivity index (χ2v) is 8.92. The third-order valence-corrected chi connectivity index (χ3v) is 6.21. The number of thioether (sulfide) groups is 1. The van der Waals surface area contributed by atoms with Crippen LogP contribution in [0.2, 0.25) is 0 Å². The van der Waals surface area contributed by atoms with Crippen LogP contribution in [-0.2, 0) is 16.0 Å². The average Bonchev–Trinajstić information content (AvgIpc) is 3.21. The van der Waals surface area contributed by atoms with Gasteiger partial charge in [-0.2, -0.15) is 0 Å². The molecule has 168 valence electrons. The van der Waals surface area contributed by atoms with Gasteiger partial charge in [0.1, 0.15) is 0 Å². The van der Waals surface area contributed by atoms with E-state index in [9.17, 15) is 14.4 Å². The van der Waals surface area contributed by atoms with Crippen molar-refractivity contribution in [3.63, 3.8) is 0 Å². The van der Waals surface area contributed by atoms with Crippen LogP contribution >= 0.6 is 23.1 Å². The van der Waals surface area contributed by atoms with Gasteiger partial charge in [-0.05, 0) is 32.1 Å². The number of nitrogens with zero attached hydrogens (tertiary/aromatic N) is 2. The standard InChI is InChI=1S/C22H25N5O3S2/c1-12(23-14(3)28)15-5-7-16(8-6-15)18-11-32-22(25-18)26-19(29)10-9-17-13(2)24-21(31-4)27-20(17)30/h5-8,11-12H,9-10H2,1-4H3,(H,23,28)(H,24,27,30)(H,25,26,29). The molecule has 0 radical (unpaired) electrons. The van der Waals surface area contributed by atoms with E-state index in [4.69, 9.17) is 0 Å². The van der Waals surface area contributed by atoms with Gasteiger partial charge in [0.15, 0.2) is 10.3 Å². The Bertz CT molecular complexity index is 1170. The second kappa shape index (κ2) is 10.6. The maximum absolute atomic E-state index is 12.4. The zero-order valence-corrected chi connectivity index (χ0v) is 19.9. The highest BCUT2D eigenvalue weighted by molar-refractivity contribution is 7.98. The highest BCUT2D eigenvalue weighted by atomic mass is 32.2. The molecule has 10 heteroatoms. The molecule has 0 spiro atoms. The summed E-state index contributed by atoms with van der Waals surface area (Å²) in [6, 6.07) is 7.70. The van der Waals surface area contributed by atoms with Crippen molar-refractivity contribution in [3.05, 3.63) is 56.8 Å². The van der Waals surface area contributed by atoms with Crippen LogP contribution in [-0.4, -0.2) is 33.0 Å². The fourth-order valence-electron chi connectivity index (χ4n) is 3.19. The lowest BCUT2D eigenvalue weighted by Gasteiger charge is -2.13. The summed E-state index contributed by atoms with van der Waals surface area (Å²) in [6.07, 6.45) is 2.31. The Balaban J connectivity index is 1.60. The molecule has 32 heavy (non-hydrogen) atoms. The Morgan fingerprint density at radius 2 is 1.94 bits per heavy atom. The van der Waals surface area contributed by atoms with E-state index in [-0.39, 0.29) is 29.8 Å². The Morgan fingerprint density at radius 3 is 2.56 bits per heavy atom. The number of aryl methyl sites for hydroxylation is 1. The van der Waals surface area contributed by atoms with Crippen LogP contribution in [0.25, 0.3) is 11.3 Å². The molecule has 3 aromatic rings. The monoisotopic (exact) mass is 471 g/mol. The third-order valence-electron chi connectivity index (χ3n) is 4.87. The molecule has 3 rings (SSSR count). The fraction of sp³-hybridized carbons (Fsp3) is 0.318. The number of benzene rings is 1. The highest BCUT2D eigenvalue weighted by Crippen LogP contribution is 2.26. The number of carbonyl (C=O) groups is 2. The van der Waals surface area contributed by atoms with E-state index in [0.29, 0.717) is 28.0 Å². The Hall–Kier alpha value is -2.98. The van der Waals surface area contributed by atoms with Gasteiger partial charge in [0.25, 0.3) is 5.56 Å². The first-order valence-electron chi connectivity index (χ1n) is 10.0. The zero-order valence-electron chi connectivity index (χ0n) is 18.3. The van der Waals surface area contributed by atoms with Crippen molar-refractivity contribution in [2.45, 2.75) is 44.8 Å². The molecule has 1 unspecified atom stereocenters. The molecular weight excluding hydrogens is 446 g/mol. The molecule has 1 aromatic carbocycles. The highest BCUT2D eigenvalue weighted by Gasteiger charge is 2.13. The molecule has 0 saturated heterocycles. The number of carbonyl (C=O) groups excluding carboxylic acids is 2. The number of nitrogens with one attached hydrogen (secondary N) is 3. The molecule has 0 aliphatic heterocycles. The number of anilines is 1. The van der Waals surface area contributed by atoms with Crippen molar-refractivity contribution in [2.24, 2.45) is 0 Å². The van der Waals surface area contributed by atoms with Gasteiger partial charge >= 0.3 is 0 Å². The summed E-state index contributed by atoms with van der Waals surface area (Å²) in [5, 5.41) is 8.60. The van der Waals surface area contributed by atoms with Crippen LogP contribution in [0.3, 0.4) is 0 Å². The van der Waals surface area contributed by atoms with E-state index >= 15 is 0 Å². The summed E-state index contributed by atoms with van der Waals surface area (Å²) in [6.45, 7) is 5.19. The Kier molecular flexibility index (Phi) is 7.81. The molecule has 2 aromatic heterocycles. The summed E-state index contributed by atoms with van der Waals surface area (Å²) >= 11 is 2.71. The van der Waals surface area contributed by atoms with Gasteiger partial charge in [-0.25, -0.2) is 9.97 Å². The molecule has 0 saturated carbocycles. The number of aromatic nitrogens is 3. The fourth-order valence-corrected chi connectivity index (χ4v) is 4.35. The zero-order chi connectivity index (χ0) is 23.3. The van der Waals surface area contributed by atoms with E-state index < -0.39 is 0 Å². The number of aromatic amines is 1. The number of hydrogen-bond acceptors (Lipinski definition) is 7. The normalized spacial score (nSPS) is 11.8. The average molecular weight is 472 g/mol. The van der Waals surface area contributed by atoms with Crippen LogP contribution in [0.1, 0.15) is 43.1 Å². The van der Waals surface area contributed by atoms with Gasteiger partial charge in [-0.15, -0.1) is 11.3 Å². The summed E-state index contributed by atoms with van der Waals surface area (Å²) in [4.78, 5) is 47.3. The second-order valence-electron chi connectivity index (χ2n) is 7.27. The van der Waals surface area contributed by atoms with Crippen molar-refractivity contribution in [2.75, 3.05) is 11.6 Å². The van der Waals surface area contributed by atoms with E-state index in [1.807, 2.05) is 42.8 Å². The summed E-state index contributed by atoms with van der Waals surface area (Å²) in [5.74, 6) is -0.285. The lowest BCUT2D eigenvalue weighted by atomic mass is 10.1. The minimum atomic E-state index is -0.210. The minimum Gasteiger partial charge on any atom is -0.350 e. The van der Waals surface area contributed by atoms with Crippen LogP contribution in [0, 0.1) is 6.92 Å². The van der Waals surface area contributed by atoms with Gasteiger partial charge in [-0.1, -0.05) is 36.0 Å². The maximum Gasteiger partial charge on any atom is 0.254 e. The SMILES string of the molecule is CSc1nc(C)c(CCC(=O)Nc2nc(-c3ccc(C(C)NC(C)=O)cc3)cs2)c(=O)[nH]1. The predicted molar refractivity (Wildman–Crippen MR) is 128 cm³/mol. The number of H-pyrrole nitrogens is 1. The predicted octanol–water partition coefficient (Wildman–Crippen LogP) is 3.69. The molecule has 3 N–H and O–H groups in total. The quantitative estimate of drug-likeness (QED) is 0.341. The van der Waals surface area contributed by atoms with Crippen LogP contribution in [0.5, 0.6) is 0 Å². The van der Waals surface area contributed by atoms with Crippen LogP contribution in [0.4, 0.5) is 5.13 Å². The van der Waals surface area contributed by atoms with Gasteiger partial charge in [0.2, 0.25) is 11.8 Å². The van der Waals surface area contributed by atoms with Crippen molar-refractivity contribution in [1.82, 2.24) is 20.3 Å². The lowest BCUT2D eigenvalue weighted by Crippen LogP contribution is -2.23. The Morgan fingerprint density at radius 1 is 1.22 bits per heavy atom. The van der Waals surface area contributed by atoms with Crippen molar-refractivity contribution in [3.8, 4) is 11.3 Å². The smallest absolute Gasteiger partial charge is 0.254 e. The molecule has 0 aliphatic carbocycles. The number of thiazole rings is 1. The number of amides is 2. The van der Waals surface area contributed by atoms with Gasteiger partial charge in [0, 0.05) is 35.5 Å². The van der Waals surface area contributed by atoms with Crippen molar-refractivity contribution < 1.29 is 9.59 Å². The third kappa shape index (κ3) is 6.04. The molecule has 8 nitrogen and oxygen atoms in total. The molecule has 0 fully saturated rings. The first-order chi connectivity index (χ1) is 15.3. The van der Waals surface area contributed by atoms with E-state index in [1.165, 1.54) is 30.0 Å². The summed E-state index contributed by atoms with van der Waals surface area (Å²) in [7, 11) is 0. The van der Waals surface area contributed by atoms with Crippen molar-refractivity contribution in [1.29, 1.82) is 0 Å². The maximum atomic E-state index is 12.4. The molecular formula is C22H25N5O3S2. The minimum absolute atomic E-state index is 0.0742. The lowest BCUT2D eigenvalue weighted by molar-refractivity contribution is -0.119. The van der Waals surface area contributed by atoms with Crippen LogP contribution < -0.4 is 16.2 Å².